The monoisotopic (exact) mass is 564 g/mol. The van der Waals surface area contributed by atoms with E-state index in [-0.39, 0.29) is 11.3 Å². The molecule has 1 spiro atoms. The van der Waals surface area contributed by atoms with Gasteiger partial charge in [0.25, 0.3) is 0 Å². The van der Waals surface area contributed by atoms with Crippen molar-refractivity contribution in [2.75, 3.05) is 11.9 Å². The first-order valence-electron chi connectivity index (χ1n) is 14.1. The number of rotatable bonds is 8. The summed E-state index contributed by atoms with van der Waals surface area (Å²) in [6.45, 7) is 0.499. The van der Waals surface area contributed by atoms with E-state index < -0.39 is 11.5 Å². The number of nitrogens with one attached hydrogen (secondary N) is 1. The molecule has 6 heteroatoms. The molecule has 0 radical (unpaired) electrons. The van der Waals surface area contributed by atoms with E-state index >= 15 is 0 Å². The zero-order valence-corrected chi connectivity index (χ0v) is 23.6. The highest BCUT2D eigenvalue weighted by Gasteiger charge is 2.52. The van der Waals surface area contributed by atoms with Crippen LogP contribution in [0.3, 0.4) is 0 Å². The SMILES string of the molecule is O=C(O)C1(Nc2cccc(Cl)c2)CCC2(CC1)/C(=C/[C@@H](COc1ccncc1)c1ccccc1)Cc1ccccc12. The largest absolute Gasteiger partial charge is 0.493 e. The molecule has 1 fully saturated rings. The number of hydrogen-bond donors (Lipinski definition) is 2. The van der Waals surface area contributed by atoms with Crippen LogP contribution in [0.2, 0.25) is 5.02 Å². The number of aromatic nitrogens is 1. The highest BCUT2D eigenvalue weighted by atomic mass is 35.5. The lowest BCUT2D eigenvalue weighted by Gasteiger charge is -2.45. The molecule has 208 valence electrons. The maximum absolute atomic E-state index is 12.7. The number of nitrogens with zero attached hydrogens (tertiary/aromatic N) is 1. The minimum absolute atomic E-state index is 0.0429. The Morgan fingerprint density at radius 3 is 2.41 bits per heavy atom. The Hall–Kier alpha value is -4.09. The number of allylic oxidation sites excluding steroid dienone is 1. The second kappa shape index (κ2) is 11.4. The Morgan fingerprint density at radius 2 is 1.68 bits per heavy atom. The van der Waals surface area contributed by atoms with Crippen LogP contribution in [0.1, 0.15) is 48.3 Å². The number of carboxylic acid groups (broad SMARTS) is 1. The van der Waals surface area contributed by atoms with Crippen molar-refractivity contribution in [3.63, 3.8) is 0 Å². The zero-order valence-electron chi connectivity index (χ0n) is 22.8. The van der Waals surface area contributed by atoms with Crippen molar-refractivity contribution >= 4 is 23.3 Å². The van der Waals surface area contributed by atoms with Gasteiger partial charge in [-0.2, -0.15) is 0 Å². The quantitative estimate of drug-likeness (QED) is 0.213. The zero-order chi connectivity index (χ0) is 28.3. The van der Waals surface area contributed by atoms with Crippen molar-refractivity contribution in [3.05, 3.63) is 137 Å². The van der Waals surface area contributed by atoms with Crippen molar-refractivity contribution < 1.29 is 14.6 Å². The Balaban J connectivity index is 1.34. The lowest BCUT2D eigenvalue weighted by atomic mass is 9.62. The summed E-state index contributed by atoms with van der Waals surface area (Å²) in [7, 11) is 0. The van der Waals surface area contributed by atoms with E-state index in [1.54, 1.807) is 24.5 Å². The van der Waals surface area contributed by atoms with Crippen LogP contribution in [0.4, 0.5) is 5.69 Å². The first kappa shape index (κ1) is 27.1. The summed E-state index contributed by atoms with van der Waals surface area (Å²) in [6, 6.07) is 30.2. The second-order valence-corrected chi connectivity index (χ2v) is 11.6. The number of aliphatic carboxylic acids is 1. The fraction of sp³-hybridized carbons (Fsp3) is 0.257. The van der Waals surface area contributed by atoms with Gasteiger partial charge in [0.05, 0.1) is 6.61 Å². The fourth-order valence-electron chi connectivity index (χ4n) is 6.64. The molecule has 1 heterocycles. The van der Waals surface area contributed by atoms with Gasteiger partial charge in [-0.05, 0) is 79.1 Å². The third kappa shape index (κ3) is 5.47. The van der Waals surface area contributed by atoms with Crippen LogP contribution in [-0.4, -0.2) is 28.2 Å². The molecule has 0 unspecified atom stereocenters. The summed E-state index contributed by atoms with van der Waals surface area (Å²) in [6.07, 6.45) is 9.22. The molecule has 2 N–H and O–H groups in total. The van der Waals surface area contributed by atoms with E-state index in [1.165, 1.54) is 22.3 Å². The molecule has 41 heavy (non-hydrogen) atoms. The molecule has 0 bridgehead atoms. The van der Waals surface area contributed by atoms with Crippen LogP contribution in [0.5, 0.6) is 5.75 Å². The summed E-state index contributed by atoms with van der Waals surface area (Å²) in [5, 5.41) is 14.4. The van der Waals surface area contributed by atoms with Gasteiger partial charge in [0, 0.05) is 34.4 Å². The summed E-state index contributed by atoms with van der Waals surface area (Å²) < 4.78 is 6.24. The predicted molar refractivity (Wildman–Crippen MR) is 163 cm³/mol. The van der Waals surface area contributed by atoms with Gasteiger partial charge in [-0.15, -0.1) is 0 Å². The number of halogens is 1. The fourth-order valence-corrected chi connectivity index (χ4v) is 6.83. The van der Waals surface area contributed by atoms with E-state index in [2.05, 4.69) is 64.9 Å². The van der Waals surface area contributed by atoms with Crippen LogP contribution in [-0.2, 0) is 16.6 Å². The van der Waals surface area contributed by atoms with Crippen molar-refractivity contribution in [3.8, 4) is 5.75 Å². The Labute approximate surface area is 245 Å². The van der Waals surface area contributed by atoms with Gasteiger partial charge in [-0.25, -0.2) is 4.79 Å². The van der Waals surface area contributed by atoms with Gasteiger partial charge in [-0.3, -0.25) is 4.98 Å². The third-order valence-corrected chi connectivity index (χ3v) is 9.05. The van der Waals surface area contributed by atoms with Gasteiger partial charge in [0.1, 0.15) is 11.3 Å². The molecule has 2 aliphatic rings. The van der Waals surface area contributed by atoms with Crippen molar-refractivity contribution in [2.24, 2.45) is 0 Å². The second-order valence-electron chi connectivity index (χ2n) is 11.1. The highest BCUT2D eigenvalue weighted by molar-refractivity contribution is 6.30. The Kier molecular flexibility index (Phi) is 7.55. The van der Waals surface area contributed by atoms with E-state index in [0.717, 1.165) is 30.7 Å². The number of ether oxygens (including phenoxy) is 1. The van der Waals surface area contributed by atoms with Gasteiger partial charge in [0.2, 0.25) is 0 Å². The molecular formula is C35H33ClN2O3. The van der Waals surface area contributed by atoms with E-state index in [1.807, 2.05) is 30.3 Å². The van der Waals surface area contributed by atoms with Gasteiger partial charge < -0.3 is 15.2 Å². The number of benzene rings is 3. The molecule has 0 saturated heterocycles. The van der Waals surface area contributed by atoms with Crippen molar-refractivity contribution in [1.29, 1.82) is 0 Å². The summed E-state index contributed by atoms with van der Waals surface area (Å²) >= 11 is 6.22. The van der Waals surface area contributed by atoms with Crippen molar-refractivity contribution in [2.45, 2.75) is 49.0 Å². The molecule has 1 atom stereocenters. The standard InChI is InChI=1S/C35H33ClN2O3/c36-29-10-6-11-30(23-29)38-35(33(39)40)17-15-34(16-18-35)28(21-26-9-4-5-12-32(26)34)22-27(25-7-2-1-3-8-25)24-41-31-13-19-37-20-14-31/h1-14,19-20,22-23,27,38H,15-18,21,24H2,(H,39,40)/b28-22+/t27-,34?,35?/m0/s1. The third-order valence-electron chi connectivity index (χ3n) is 8.81. The molecule has 6 rings (SSSR count). The molecule has 4 aromatic rings. The summed E-state index contributed by atoms with van der Waals surface area (Å²) in [5.41, 5.74) is 4.67. The number of anilines is 1. The molecule has 5 nitrogen and oxygen atoms in total. The molecular weight excluding hydrogens is 532 g/mol. The highest BCUT2D eigenvalue weighted by Crippen LogP contribution is 2.55. The molecule has 1 saturated carbocycles. The topological polar surface area (TPSA) is 71.5 Å². The van der Waals surface area contributed by atoms with Crippen molar-refractivity contribution in [1.82, 2.24) is 4.98 Å². The number of pyridine rings is 1. The molecule has 1 aromatic heterocycles. The minimum atomic E-state index is -1.05. The minimum Gasteiger partial charge on any atom is -0.493 e. The van der Waals surface area contributed by atoms with E-state index in [0.29, 0.717) is 24.5 Å². The van der Waals surface area contributed by atoms with Crippen LogP contribution in [0.15, 0.2) is 115 Å². The number of carboxylic acids is 1. The number of fused-ring (bicyclic) bond motifs is 2. The van der Waals surface area contributed by atoms with Crippen LogP contribution in [0, 0.1) is 0 Å². The van der Waals surface area contributed by atoms with Crippen LogP contribution < -0.4 is 10.1 Å². The molecule has 0 amide bonds. The number of carbonyl (C=O) groups is 1. The first-order valence-corrected chi connectivity index (χ1v) is 14.5. The maximum atomic E-state index is 12.7. The Morgan fingerprint density at radius 1 is 0.951 bits per heavy atom. The average Bonchev–Trinajstić information content (AvgIpc) is 3.30. The van der Waals surface area contributed by atoms with Gasteiger partial charge in [0.15, 0.2) is 0 Å². The number of hydrogen-bond acceptors (Lipinski definition) is 4. The lowest BCUT2D eigenvalue weighted by Crippen LogP contribution is -2.52. The smallest absolute Gasteiger partial charge is 0.329 e. The average molecular weight is 565 g/mol. The molecule has 2 aliphatic carbocycles. The molecule has 0 aliphatic heterocycles. The maximum Gasteiger partial charge on any atom is 0.329 e. The van der Waals surface area contributed by atoms with Crippen LogP contribution >= 0.6 is 11.6 Å². The van der Waals surface area contributed by atoms with Gasteiger partial charge in [-0.1, -0.05) is 83.9 Å². The predicted octanol–water partition coefficient (Wildman–Crippen LogP) is 7.83. The molecule has 3 aromatic carbocycles. The van der Waals surface area contributed by atoms with Gasteiger partial charge >= 0.3 is 5.97 Å². The summed E-state index contributed by atoms with van der Waals surface area (Å²) in [4.78, 5) is 16.9. The first-order chi connectivity index (χ1) is 20.0. The van der Waals surface area contributed by atoms with E-state index in [4.69, 9.17) is 16.3 Å². The normalized spacial score (nSPS) is 23.2. The van der Waals surface area contributed by atoms with E-state index in [9.17, 15) is 9.90 Å². The van der Waals surface area contributed by atoms with Crippen LogP contribution in [0.25, 0.3) is 0 Å². The lowest BCUT2D eigenvalue weighted by molar-refractivity contribution is -0.143. The summed E-state index contributed by atoms with van der Waals surface area (Å²) in [5.74, 6) is 0.0121. The Bertz CT molecular complexity index is 1550.